The molecule has 0 radical (unpaired) electrons. The molecule has 0 amide bonds. The van der Waals surface area contributed by atoms with Gasteiger partial charge < -0.3 is 5.73 Å². The number of anilines is 1. The zero-order valence-electron chi connectivity index (χ0n) is 18.5. The number of thiophene rings is 1. The molecule has 2 aromatic rings. The van der Waals surface area contributed by atoms with E-state index in [0.717, 1.165) is 16.2 Å². The first-order valence-corrected chi connectivity index (χ1v) is 11.8. The Bertz CT molecular complexity index is 1280. The Morgan fingerprint density at radius 3 is 2.67 bits per heavy atom. The summed E-state index contributed by atoms with van der Waals surface area (Å²) in [4.78, 5) is 28.1. The number of nitrogens with two attached hydrogens (primary N) is 1. The van der Waals surface area contributed by atoms with Crippen LogP contribution in [0.25, 0.3) is 0 Å². The summed E-state index contributed by atoms with van der Waals surface area (Å²) in [7, 11) is 0. The molecule has 0 saturated heterocycles. The molecule has 1 aliphatic heterocycles. The molecule has 1 aromatic heterocycles. The summed E-state index contributed by atoms with van der Waals surface area (Å²) in [5, 5.41) is 21.6. The van der Waals surface area contributed by atoms with Gasteiger partial charge in [-0.15, -0.1) is 11.3 Å². The fourth-order valence-electron chi connectivity index (χ4n) is 4.61. The fraction of sp³-hybridized carbons (Fsp3) is 0.333. The zero-order valence-corrected chi connectivity index (χ0v) is 20.1. The Balaban J connectivity index is 1.99. The van der Waals surface area contributed by atoms with Crippen molar-refractivity contribution in [2.24, 2.45) is 11.1 Å². The number of nitro benzene ring substituents is 1. The van der Waals surface area contributed by atoms with Gasteiger partial charge in [0.25, 0.3) is 5.69 Å². The lowest BCUT2D eigenvalue weighted by Gasteiger charge is -2.43. The first-order chi connectivity index (χ1) is 15.6. The number of halogens is 1. The third-order valence-corrected chi connectivity index (χ3v) is 7.70. The molecule has 2 heterocycles. The predicted molar refractivity (Wildman–Crippen MR) is 129 cm³/mol. The average molecular weight is 483 g/mol. The highest BCUT2D eigenvalue weighted by Gasteiger charge is 2.45. The quantitative estimate of drug-likeness (QED) is 0.434. The molecule has 33 heavy (non-hydrogen) atoms. The number of nitriles is 1. The number of benzene rings is 1. The van der Waals surface area contributed by atoms with Gasteiger partial charge in [-0.05, 0) is 42.5 Å². The summed E-state index contributed by atoms with van der Waals surface area (Å²) >= 11 is 7.60. The van der Waals surface area contributed by atoms with Crippen molar-refractivity contribution in [2.75, 3.05) is 4.90 Å². The number of hydrogen-bond acceptors (Lipinski definition) is 7. The van der Waals surface area contributed by atoms with Gasteiger partial charge in [-0.25, -0.2) is 0 Å². The number of carbonyl (C=O) groups is 1. The van der Waals surface area contributed by atoms with Gasteiger partial charge in [-0.1, -0.05) is 32.4 Å². The first-order valence-electron chi connectivity index (χ1n) is 10.6. The molecular formula is C24H23ClN4O3S. The van der Waals surface area contributed by atoms with Gasteiger partial charge in [0.15, 0.2) is 5.78 Å². The summed E-state index contributed by atoms with van der Waals surface area (Å²) < 4.78 is 0. The standard InChI is InChI=1S/C24H23ClN4O3S/c1-4-14-6-8-20(33-14)21-15(12-26)23(27)28(13-5-7-16(25)17(9-13)29(31)32)18-10-24(2,3)11-19(30)22(18)21/h5-9,21H,4,10-11,27H2,1-3H3. The largest absolute Gasteiger partial charge is 0.384 e. The minimum atomic E-state index is -0.563. The van der Waals surface area contributed by atoms with E-state index in [9.17, 15) is 20.2 Å². The molecule has 0 saturated carbocycles. The molecular weight excluding hydrogens is 460 g/mol. The molecule has 2 aliphatic rings. The van der Waals surface area contributed by atoms with Crippen molar-refractivity contribution in [3.05, 3.63) is 77.9 Å². The van der Waals surface area contributed by atoms with Crippen LogP contribution in [0.15, 0.2) is 53.0 Å². The Kier molecular flexibility index (Phi) is 5.81. The number of aryl methyl sites for hydroxylation is 1. The Labute approximate surface area is 200 Å². The van der Waals surface area contributed by atoms with Crippen molar-refractivity contribution in [2.45, 2.75) is 46.0 Å². The Morgan fingerprint density at radius 1 is 1.33 bits per heavy atom. The minimum Gasteiger partial charge on any atom is -0.384 e. The first kappa shape index (κ1) is 23.0. The maximum Gasteiger partial charge on any atom is 0.289 e. The molecule has 7 nitrogen and oxygen atoms in total. The summed E-state index contributed by atoms with van der Waals surface area (Å²) in [5.41, 5.74) is 7.87. The van der Waals surface area contributed by atoms with Gasteiger partial charge in [-0.3, -0.25) is 19.8 Å². The van der Waals surface area contributed by atoms with Crippen molar-refractivity contribution in [3.63, 3.8) is 0 Å². The number of rotatable bonds is 4. The van der Waals surface area contributed by atoms with Gasteiger partial charge in [0, 0.05) is 33.5 Å². The molecule has 0 bridgehead atoms. The smallest absolute Gasteiger partial charge is 0.289 e. The molecule has 0 spiro atoms. The number of hydrogen-bond donors (Lipinski definition) is 1. The monoisotopic (exact) mass is 482 g/mol. The van der Waals surface area contributed by atoms with Crippen LogP contribution < -0.4 is 10.6 Å². The number of ketones is 1. The second kappa shape index (κ2) is 8.32. The summed E-state index contributed by atoms with van der Waals surface area (Å²) in [6.45, 7) is 6.07. The van der Waals surface area contributed by atoms with Crippen molar-refractivity contribution in [1.82, 2.24) is 0 Å². The van der Waals surface area contributed by atoms with E-state index in [-0.39, 0.29) is 33.3 Å². The Hall–Kier alpha value is -3.15. The topological polar surface area (TPSA) is 113 Å². The molecule has 2 N–H and O–H groups in total. The van der Waals surface area contributed by atoms with Crippen LogP contribution in [-0.4, -0.2) is 10.7 Å². The molecule has 0 fully saturated rings. The second-order valence-corrected chi connectivity index (χ2v) is 10.6. The number of nitro groups is 1. The summed E-state index contributed by atoms with van der Waals surface area (Å²) in [5.74, 6) is -0.404. The lowest BCUT2D eigenvalue weighted by atomic mass is 9.69. The van der Waals surface area contributed by atoms with Crippen molar-refractivity contribution < 1.29 is 9.72 Å². The van der Waals surface area contributed by atoms with Crippen LogP contribution in [0.3, 0.4) is 0 Å². The maximum atomic E-state index is 13.5. The SMILES string of the molecule is CCc1ccc(C2C(C#N)=C(N)N(c3ccc(Cl)c([N+](=O)[O-])c3)C3=C2C(=O)CC(C)(C)C3)s1. The molecule has 4 rings (SSSR count). The van der Waals surface area contributed by atoms with Crippen LogP contribution in [0.2, 0.25) is 5.02 Å². The molecule has 1 aromatic carbocycles. The van der Waals surface area contributed by atoms with Crippen LogP contribution in [0.5, 0.6) is 0 Å². The van der Waals surface area contributed by atoms with E-state index in [2.05, 4.69) is 13.0 Å². The van der Waals surface area contributed by atoms with Crippen LogP contribution in [-0.2, 0) is 11.2 Å². The molecule has 1 unspecified atom stereocenters. The van der Waals surface area contributed by atoms with E-state index in [4.69, 9.17) is 17.3 Å². The maximum absolute atomic E-state index is 13.5. The van der Waals surface area contributed by atoms with E-state index >= 15 is 0 Å². The summed E-state index contributed by atoms with van der Waals surface area (Å²) in [6.07, 6.45) is 1.74. The highest BCUT2D eigenvalue weighted by atomic mass is 35.5. The lowest BCUT2D eigenvalue weighted by molar-refractivity contribution is -0.384. The van der Waals surface area contributed by atoms with Gasteiger partial charge in [0.2, 0.25) is 0 Å². The highest BCUT2D eigenvalue weighted by Crippen LogP contribution is 2.51. The van der Waals surface area contributed by atoms with Crippen LogP contribution in [0.4, 0.5) is 11.4 Å². The third kappa shape index (κ3) is 3.92. The van der Waals surface area contributed by atoms with Crippen molar-refractivity contribution in [1.29, 1.82) is 5.26 Å². The van der Waals surface area contributed by atoms with E-state index in [1.165, 1.54) is 12.1 Å². The third-order valence-electron chi connectivity index (χ3n) is 6.08. The number of carbonyl (C=O) groups excluding carboxylic acids is 1. The zero-order chi connectivity index (χ0) is 24.1. The van der Waals surface area contributed by atoms with Crippen LogP contribution >= 0.6 is 22.9 Å². The second-order valence-electron chi connectivity index (χ2n) is 9.03. The molecule has 1 aliphatic carbocycles. The van der Waals surface area contributed by atoms with Crippen molar-refractivity contribution in [3.8, 4) is 6.07 Å². The van der Waals surface area contributed by atoms with E-state index in [1.807, 2.05) is 26.0 Å². The molecule has 9 heteroatoms. The normalized spacial score (nSPS) is 20.0. The molecule has 170 valence electrons. The van der Waals surface area contributed by atoms with E-state index < -0.39 is 10.8 Å². The number of Topliss-reactive ketones (excluding diaryl/α,β-unsaturated/α-hetero) is 1. The average Bonchev–Trinajstić information content (AvgIpc) is 3.21. The lowest BCUT2D eigenvalue weighted by Crippen LogP contribution is -2.42. The highest BCUT2D eigenvalue weighted by molar-refractivity contribution is 7.12. The van der Waals surface area contributed by atoms with E-state index in [0.29, 0.717) is 29.8 Å². The predicted octanol–water partition coefficient (Wildman–Crippen LogP) is 5.81. The van der Waals surface area contributed by atoms with Crippen LogP contribution in [0, 0.1) is 26.9 Å². The van der Waals surface area contributed by atoms with Gasteiger partial charge in [0.1, 0.15) is 10.8 Å². The number of nitrogens with zero attached hydrogens (tertiary/aromatic N) is 3. The van der Waals surface area contributed by atoms with Gasteiger partial charge >= 0.3 is 0 Å². The van der Waals surface area contributed by atoms with Crippen molar-refractivity contribution >= 4 is 40.1 Å². The van der Waals surface area contributed by atoms with Gasteiger partial charge in [-0.2, -0.15) is 5.26 Å². The number of allylic oxidation sites excluding steroid dienone is 3. The minimum absolute atomic E-state index is 0.00151. The van der Waals surface area contributed by atoms with Crippen LogP contribution in [0.1, 0.15) is 49.3 Å². The fourth-order valence-corrected chi connectivity index (χ4v) is 5.87. The Morgan fingerprint density at radius 2 is 2.06 bits per heavy atom. The summed E-state index contributed by atoms with van der Waals surface area (Å²) in [6, 6.07) is 10.6. The molecule has 1 atom stereocenters. The van der Waals surface area contributed by atoms with E-state index in [1.54, 1.807) is 22.3 Å². The van der Waals surface area contributed by atoms with Gasteiger partial charge in [0.05, 0.1) is 28.2 Å².